The number of carbonyl (C=O) groups excluding carboxylic acids is 1. The van der Waals surface area contributed by atoms with Crippen molar-refractivity contribution in [3.63, 3.8) is 0 Å². The second-order valence-electron chi connectivity index (χ2n) is 5.63. The number of hydrogen-bond acceptors (Lipinski definition) is 5. The molecule has 7 heteroatoms. The van der Waals surface area contributed by atoms with Crippen molar-refractivity contribution in [3.8, 4) is 11.1 Å². The molecule has 1 aromatic carbocycles. The molecule has 1 aromatic heterocycles. The van der Waals surface area contributed by atoms with Gasteiger partial charge in [-0.3, -0.25) is 9.89 Å². The van der Waals surface area contributed by atoms with E-state index in [0.717, 1.165) is 34.0 Å². The van der Waals surface area contributed by atoms with Crippen molar-refractivity contribution in [2.24, 2.45) is 5.73 Å². The van der Waals surface area contributed by atoms with Crippen molar-refractivity contribution in [3.05, 3.63) is 30.6 Å². The van der Waals surface area contributed by atoms with E-state index in [4.69, 9.17) is 5.73 Å². The molecule has 0 saturated heterocycles. The lowest BCUT2D eigenvalue weighted by molar-refractivity contribution is -0.117. The number of nitrogens with two attached hydrogens (primary N) is 1. The standard InChI is InChI=1S/C16H23N5OS/c1-11(17)16(22)20-14-5-4-12(13-9-18-19-10-13)8-15(14)23-7-6-21(2)3/h4-5,8-11H,6-7,17H2,1-3H3,(H,18,19)(H,20,22)/t11-/m1/s1. The Kier molecular flexibility index (Phi) is 6.20. The lowest BCUT2D eigenvalue weighted by atomic mass is 10.1. The fourth-order valence-electron chi connectivity index (χ4n) is 1.92. The lowest BCUT2D eigenvalue weighted by Gasteiger charge is -2.15. The molecule has 1 amide bonds. The molecular formula is C16H23N5OS. The third-order valence-electron chi connectivity index (χ3n) is 3.28. The molecule has 0 radical (unpaired) electrons. The zero-order valence-corrected chi connectivity index (χ0v) is 14.5. The summed E-state index contributed by atoms with van der Waals surface area (Å²) in [4.78, 5) is 15.1. The van der Waals surface area contributed by atoms with Crippen LogP contribution in [0.25, 0.3) is 11.1 Å². The van der Waals surface area contributed by atoms with Crippen LogP contribution in [0.3, 0.4) is 0 Å². The molecule has 124 valence electrons. The molecule has 0 spiro atoms. The number of nitrogens with zero attached hydrogens (tertiary/aromatic N) is 2. The largest absolute Gasteiger partial charge is 0.324 e. The fraction of sp³-hybridized carbons (Fsp3) is 0.375. The third kappa shape index (κ3) is 5.09. The van der Waals surface area contributed by atoms with Crippen molar-refractivity contribution in [2.75, 3.05) is 31.7 Å². The Labute approximate surface area is 140 Å². The van der Waals surface area contributed by atoms with Crippen molar-refractivity contribution in [1.29, 1.82) is 0 Å². The molecule has 4 N–H and O–H groups in total. The van der Waals surface area contributed by atoms with E-state index < -0.39 is 6.04 Å². The quantitative estimate of drug-likeness (QED) is 0.675. The van der Waals surface area contributed by atoms with Gasteiger partial charge in [0.05, 0.1) is 17.9 Å². The minimum absolute atomic E-state index is 0.185. The molecule has 0 aliphatic heterocycles. The first kappa shape index (κ1) is 17.5. The Morgan fingerprint density at radius 3 is 2.83 bits per heavy atom. The van der Waals surface area contributed by atoms with E-state index in [1.807, 2.05) is 32.4 Å². The summed E-state index contributed by atoms with van der Waals surface area (Å²) < 4.78 is 0. The van der Waals surface area contributed by atoms with Crippen molar-refractivity contribution < 1.29 is 4.79 Å². The molecule has 6 nitrogen and oxygen atoms in total. The highest BCUT2D eigenvalue weighted by Gasteiger charge is 2.12. The second kappa shape index (κ2) is 8.14. The van der Waals surface area contributed by atoms with Crippen LogP contribution >= 0.6 is 11.8 Å². The third-order valence-corrected chi connectivity index (χ3v) is 4.32. The SMILES string of the molecule is C[C@@H](N)C(=O)Nc1ccc(-c2cn[nH]c2)cc1SCCN(C)C. The molecule has 0 aliphatic rings. The number of anilines is 1. The van der Waals surface area contributed by atoms with Crippen LogP contribution < -0.4 is 11.1 Å². The van der Waals surface area contributed by atoms with Gasteiger partial charge in [0.1, 0.15) is 0 Å². The first-order chi connectivity index (χ1) is 11.0. The van der Waals surface area contributed by atoms with Crippen LogP contribution in [0.5, 0.6) is 0 Å². The van der Waals surface area contributed by atoms with Crippen LogP contribution in [0, 0.1) is 0 Å². The van der Waals surface area contributed by atoms with Gasteiger partial charge in [-0.15, -0.1) is 11.8 Å². The Hall–Kier alpha value is -1.83. The van der Waals surface area contributed by atoms with E-state index in [-0.39, 0.29) is 5.91 Å². The number of aromatic nitrogens is 2. The van der Waals surface area contributed by atoms with Crippen LogP contribution in [0.15, 0.2) is 35.5 Å². The molecule has 1 atom stereocenters. The number of H-pyrrole nitrogens is 1. The number of rotatable bonds is 7. The van der Waals surface area contributed by atoms with Gasteiger partial charge in [0.2, 0.25) is 5.91 Å². The highest BCUT2D eigenvalue weighted by molar-refractivity contribution is 7.99. The number of amides is 1. The molecule has 0 aliphatic carbocycles. The van der Waals surface area contributed by atoms with Gasteiger partial charge in [0.15, 0.2) is 0 Å². The Morgan fingerprint density at radius 1 is 1.43 bits per heavy atom. The summed E-state index contributed by atoms with van der Waals surface area (Å²) in [6, 6.07) is 5.42. The van der Waals surface area contributed by atoms with Crippen molar-refractivity contribution >= 4 is 23.4 Å². The van der Waals surface area contributed by atoms with Crippen molar-refractivity contribution in [1.82, 2.24) is 15.1 Å². The topological polar surface area (TPSA) is 87.0 Å². The summed E-state index contributed by atoms with van der Waals surface area (Å²) in [5, 5.41) is 9.70. The van der Waals surface area contributed by atoms with Gasteiger partial charge in [0, 0.05) is 29.0 Å². The second-order valence-corrected chi connectivity index (χ2v) is 6.76. The molecule has 1 heterocycles. The number of nitrogens with one attached hydrogen (secondary N) is 2. The van der Waals surface area contributed by atoms with E-state index in [0.29, 0.717) is 0 Å². The van der Waals surface area contributed by atoms with Crippen molar-refractivity contribution in [2.45, 2.75) is 17.9 Å². The minimum Gasteiger partial charge on any atom is -0.324 e. The number of hydrogen-bond donors (Lipinski definition) is 3. The summed E-state index contributed by atoms with van der Waals surface area (Å²) in [5.41, 5.74) is 8.52. The van der Waals surface area contributed by atoms with E-state index in [9.17, 15) is 4.79 Å². The highest BCUT2D eigenvalue weighted by Crippen LogP contribution is 2.32. The maximum absolute atomic E-state index is 11.9. The Bertz CT molecular complexity index is 640. The maximum Gasteiger partial charge on any atom is 0.241 e. The molecule has 2 aromatic rings. The van der Waals surface area contributed by atoms with Gasteiger partial charge in [-0.1, -0.05) is 6.07 Å². The van der Waals surface area contributed by atoms with Crippen LogP contribution in [-0.2, 0) is 4.79 Å². The molecule has 2 rings (SSSR count). The lowest BCUT2D eigenvalue weighted by Crippen LogP contribution is -2.32. The summed E-state index contributed by atoms with van der Waals surface area (Å²) in [6.45, 7) is 2.63. The van der Waals surface area contributed by atoms with E-state index >= 15 is 0 Å². The summed E-state index contributed by atoms with van der Waals surface area (Å²) in [6.07, 6.45) is 3.63. The minimum atomic E-state index is -0.539. The first-order valence-electron chi connectivity index (χ1n) is 7.44. The Morgan fingerprint density at radius 2 is 2.22 bits per heavy atom. The zero-order valence-electron chi connectivity index (χ0n) is 13.7. The molecule has 23 heavy (non-hydrogen) atoms. The monoisotopic (exact) mass is 333 g/mol. The summed E-state index contributed by atoms with van der Waals surface area (Å²) in [5.74, 6) is 0.749. The summed E-state index contributed by atoms with van der Waals surface area (Å²) in [7, 11) is 4.09. The molecular weight excluding hydrogens is 310 g/mol. The average Bonchev–Trinajstić information content (AvgIpc) is 3.02. The highest BCUT2D eigenvalue weighted by atomic mass is 32.2. The number of benzene rings is 1. The van der Waals surface area contributed by atoms with E-state index in [1.54, 1.807) is 24.9 Å². The Balaban J connectivity index is 2.23. The zero-order chi connectivity index (χ0) is 16.8. The number of thioether (sulfide) groups is 1. The fourth-order valence-corrected chi connectivity index (χ4v) is 3.08. The van der Waals surface area contributed by atoms with Gasteiger partial charge in [-0.25, -0.2) is 0 Å². The smallest absolute Gasteiger partial charge is 0.241 e. The number of aromatic amines is 1. The van der Waals surface area contributed by atoms with Gasteiger partial charge < -0.3 is 16.0 Å². The van der Waals surface area contributed by atoms with E-state index in [2.05, 4.69) is 26.5 Å². The molecule has 0 bridgehead atoms. The predicted molar refractivity (Wildman–Crippen MR) is 95.6 cm³/mol. The van der Waals surface area contributed by atoms with Crippen LogP contribution in [0.4, 0.5) is 5.69 Å². The molecule has 0 fully saturated rings. The molecule has 0 saturated carbocycles. The average molecular weight is 333 g/mol. The maximum atomic E-state index is 11.9. The van der Waals surface area contributed by atoms with Crippen LogP contribution in [-0.4, -0.2) is 53.4 Å². The van der Waals surface area contributed by atoms with Gasteiger partial charge in [0.25, 0.3) is 0 Å². The van der Waals surface area contributed by atoms with Crippen LogP contribution in [0.2, 0.25) is 0 Å². The normalized spacial score (nSPS) is 12.4. The van der Waals surface area contributed by atoms with Gasteiger partial charge >= 0.3 is 0 Å². The van der Waals surface area contributed by atoms with Gasteiger partial charge in [-0.05, 0) is 38.7 Å². The summed E-state index contributed by atoms with van der Waals surface area (Å²) >= 11 is 1.71. The first-order valence-corrected chi connectivity index (χ1v) is 8.43. The number of carbonyl (C=O) groups is 1. The van der Waals surface area contributed by atoms with Crippen LogP contribution in [0.1, 0.15) is 6.92 Å². The van der Waals surface area contributed by atoms with Gasteiger partial charge in [-0.2, -0.15) is 5.10 Å². The molecule has 0 unspecified atom stereocenters. The predicted octanol–water partition coefficient (Wildman–Crippen LogP) is 2.02. The van der Waals surface area contributed by atoms with E-state index in [1.165, 1.54) is 0 Å².